The quantitative estimate of drug-likeness (QED) is 0.276. The Hall–Kier alpha value is -3.37. The maximum Gasteiger partial charge on any atom is 0.416 e. The second-order valence-corrected chi connectivity index (χ2v) is 10.6. The summed E-state index contributed by atoms with van der Waals surface area (Å²) in [5, 5.41) is 3.56. The Bertz CT molecular complexity index is 1390. The number of hydrogen-bond acceptors (Lipinski definition) is 4. The third-order valence-corrected chi connectivity index (χ3v) is 7.70. The SMILES string of the molecule is O=C(NCCc1cccc(F)c1)[C@@H]1C[C@H](Sc2nc3ccccc3[nH]2)CN1Cc1ccccc1C(F)(F)F. The molecule has 4 aromatic rings. The number of rotatable bonds is 8. The van der Waals surface area contributed by atoms with Crippen molar-refractivity contribution in [2.75, 3.05) is 13.1 Å². The van der Waals surface area contributed by atoms with Crippen LogP contribution in [0.25, 0.3) is 11.0 Å². The van der Waals surface area contributed by atoms with Crippen LogP contribution in [0.2, 0.25) is 0 Å². The highest BCUT2D eigenvalue weighted by molar-refractivity contribution is 7.99. The normalized spacial score (nSPS) is 18.2. The molecule has 1 amide bonds. The fraction of sp³-hybridized carbons (Fsp3) is 0.286. The Kier molecular flexibility index (Phi) is 7.71. The van der Waals surface area contributed by atoms with Crippen LogP contribution in [0.4, 0.5) is 17.6 Å². The minimum absolute atomic E-state index is 0.00510. The zero-order valence-electron chi connectivity index (χ0n) is 20.3. The number of fused-ring (bicyclic) bond motifs is 1. The standard InChI is InChI=1S/C28H26F4N4OS/c29-20-8-5-6-18(14-20)12-13-33-26(37)25-15-21(38-27-34-23-10-3-4-11-24(23)35-27)17-36(25)16-19-7-1-2-9-22(19)28(30,31)32/h1-11,14,21,25H,12-13,15-17H2,(H,33,37)(H,34,35)/t21-,25-/m0/s1. The van der Waals surface area contributed by atoms with Gasteiger partial charge < -0.3 is 10.3 Å². The molecule has 1 aliphatic heterocycles. The van der Waals surface area contributed by atoms with E-state index in [4.69, 9.17) is 0 Å². The molecule has 2 atom stereocenters. The third kappa shape index (κ3) is 6.19. The molecular weight excluding hydrogens is 516 g/mol. The van der Waals surface area contributed by atoms with E-state index in [1.807, 2.05) is 29.2 Å². The van der Waals surface area contributed by atoms with Gasteiger partial charge >= 0.3 is 6.18 Å². The Balaban J connectivity index is 1.32. The van der Waals surface area contributed by atoms with Gasteiger partial charge in [0.15, 0.2) is 5.16 Å². The molecule has 1 saturated heterocycles. The van der Waals surface area contributed by atoms with Gasteiger partial charge in [-0.2, -0.15) is 13.2 Å². The lowest BCUT2D eigenvalue weighted by atomic mass is 10.1. The molecule has 0 saturated carbocycles. The van der Waals surface area contributed by atoms with E-state index in [1.54, 1.807) is 18.2 Å². The summed E-state index contributed by atoms with van der Waals surface area (Å²) in [6, 6.07) is 18.7. The summed E-state index contributed by atoms with van der Waals surface area (Å²) in [5.41, 5.74) is 1.92. The number of thioether (sulfide) groups is 1. The molecule has 198 valence electrons. The Morgan fingerprint density at radius 3 is 2.66 bits per heavy atom. The largest absolute Gasteiger partial charge is 0.416 e. The maximum atomic E-state index is 13.7. The van der Waals surface area contributed by atoms with Gasteiger partial charge in [-0.05, 0) is 54.3 Å². The number of halogens is 4. The number of nitrogens with zero attached hydrogens (tertiary/aromatic N) is 2. The van der Waals surface area contributed by atoms with Crippen LogP contribution < -0.4 is 5.32 Å². The molecular formula is C28H26F4N4OS. The topological polar surface area (TPSA) is 61.0 Å². The summed E-state index contributed by atoms with van der Waals surface area (Å²) in [4.78, 5) is 22.9. The van der Waals surface area contributed by atoms with Gasteiger partial charge in [-0.1, -0.05) is 54.2 Å². The van der Waals surface area contributed by atoms with Gasteiger partial charge in [0.05, 0.1) is 22.6 Å². The number of nitrogens with one attached hydrogen (secondary N) is 2. The van der Waals surface area contributed by atoms with Gasteiger partial charge in [-0.3, -0.25) is 9.69 Å². The van der Waals surface area contributed by atoms with Crippen molar-refractivity contribution in [2.45, 2.75) is 42.0 Å². The first-order chi connectivity index (χ1) is 18.3. The lowest BCUT2D eigenvalue weighted by molar-refractivity contribution is -0.138. The van der Waals surface area contributed by atoms with Crippen molar-refractivity contribution in [1.82, 2.24) is 20.2 Å². The molecule has 1 fully saturated rings. The van der Waals surface area contributed by atoms with Crippen molar-refractivity contribution in [1.29, 1.82) is 0 Å². The molecule has 3 aromatic carbocycles. The highest BCUT2D eigenvalue weighted by Gasteiger charge is 2.39. The number of imidazole rings is 1. The number of hydrogen-bond donors (Lipinski definition) is 2. The van der Waals surface area contributed by atoms with Crippen LogP contribution >= 0.6 is 11.8 Å². The first-order valence-electron chi connectivity index (χ1n) is 12.3. The molecule has 1 aliphatic rings. The van der Waals surface area contributed by atoms with E-state index in [-0.39, 0.29) is 29.1 Å². The molecule has 0 spiro atoms. The fourth-order valence-electron chi connectivity index (χ4n) is 4.83. The summed E-state index contributed by atoms with van der Waals surface area (Å²) in [5.74, 6) is -0.594. The number of carbonyl (C=O) groups excluding carboxylic acids is 1. The van der Waals surface area contributed by atoms with Crippen LogP contribution in [0.5, 0.6) is 0 Å². The monoisotopic (exact) mass is 542 g/mol. The van der Waals surface area contributed by atoms with Gasteiger partial charge in [0.2, 0.25) is 5.91 Å². The number of aromatic amines is 1. The Morgan fingerprint density at radius 2 is 1.87 bits per heavy atom. The predicted molar refractivity (Wildman–Crippen MR) is 139 cm³/mol. The first-order valence-corrected chi connectivity index (χ1v) is 13.2. The van der Waals surface area contributed by atoms with Crippen molar-refractivity contribution >= 4 is 28.7 Å². The zero-order valence-corrected chi connectivity index (χ0v) is 21.2. The smallest absolute Gasteiger partial charge is 0.354 e. The van der Waals surface area contributed by atoms with E-state index in [9.17, 15) is 22.4 Å². The van der Waals surface area contributed by atoms with Gasteiger partial charge in [0.1, 0.15) is 5.82 Å². The van der Waals surface area contributed by atoms with Crippen LogP contribution in [-0.4, -0.2) is 45.2 Å². The number of H-pyrrole nitrogens is 1. The van der Waals surface area contributed by atoms with Crippen molar-refractivity contribution in [3.63, 3.8) is 0 Å². The number of amides is 1. The molecule has 10 heteroatoms. The van der Waals surface area contributed by atoms with Gasteiger partial charge in [-0.25, -0.2) is 9.37 Å². The highest BCUT2D eigenvalue weighted by atomic mass is 32.2. The average Bonchev–Trinajstić information content (AvgIpc) is 3.47. The minimum atomic E-state index is -4.48. The van der Waals surface area contributed by atoms with Crippen LogP contribution in [0.1, 0.15) is 23.1 Å². The summed E-state index contributed by atoms with van der Waals surface area (Å²) in [7, 11) is 0. The first kappa shape index (κ1) is 26.2. The highest BCUT2D eigenvalue weighted by Crippen LogP contribution is 2.36. The Morgan fingerprint density at radius 1 is 1.08 bits per heavy atom. The molecule has 0 bridgehead atoms. The third-order valence-electron chi connectivity index (χ3n) is 6.61. The maximum absolute atomic E-state index is 13.7. The van der Waals surface area contributed by atoms with E-state index in [0.717, 1.165) is 22.7 Å². The molecule has 5 rings (SSSR count). The second-order valence-electron chi connectivity index (χ2n) is 9.31. The number of aromatic nitrogens is 2. The van der Waals surface area contributed by atoms with Crippen LogP contribution in [0.3, 0.4) is 0 Å². The molecule has 5 nitrogen and oxygen atoms in total. The number of carbonyl (C=O) groups is 1. The number of benzene rings is 3. The van der Waals surface area contributed by atoms with Crippen molar-refractivity contribution in [2.24, 2.45) is 0 Å². The van der Waals surface area contributed by atoms with E-state index in [2.05, 4.69) is 15.3 Å². The molecule has 1 aromatic heterocycles. The molecule has 0 radical (unpaired) electrons. The second kappa shape index (κ2) is 11.2. The molecule has 2 heterocycles. The summed E-state index contributed by atoms with van der Waals surface area (Å²) < 4.78 is 54.5. The molecule has 38 heavy (non-hydrogen) atoms. The van der Waals surface area contributed by atoms with Crippen molar-refractivity contribution < 1.29 is 22.4 Å². The van der Waals surface area contributed by atoms with Gasteiger partial charge in [0, 0.05) is 24.9 Å². The van der Waals surface area contributed by atoms with Gasteiger partial charge in [-0.15, -0.1) is 0 Å². The van der Waals surface area contributed by atoms with Crippen LogP contribution in [0, 0.1) is 5.82 Å². The van der Waals surface area contributed by atoms with Crippen LogP contribution in [-0.2, 0) is 23.9 Å². The van der Waals surface area contributed by atoms with E-state index >= 15 is 0 Å². The van der Waals surface area contributed by atoms with Crippen LogP contribution in [0.15, 0.2) is 78.0 Å². The molecule has 2 N–H and O–H groups in total. The lowest BCUT2D eigenvalue weighted by Gasteiger charge is -2.25. The minimum Gasteiger partial charge on any atom is -0.354 e. The van der Waals surface area contributed by atoms with E-state index < -0.39 is 17.8 Å². The predicted octanol–water partition coefficient (Wildman–Crippen LogP) is 5.81. The van der Waals surface area contributed by atoms with Crippen molar-refractivity contribution in [3.8, 4) is 0 Å². The molecule has 0 unspecified atom stereocenters. The van der Waals surface area contributed by atoms with Crippen molar-refractivity contribution in [3.05, 3.63) is 95.3 Å². The fourth-order valence-corrected chi connectivity index (χ4v) is 6.01. The Labute approximate surface area is 221 Å². The zero-order chi connectivity index (χ0) is 26.7. The number of alkyl halides is 3. The summed E-state index contributed by atoms with van der Waals surface area (Å²) in [6.45, 7) is 0.720. The van der Waals surface area contributed by atoms with E-state index in [1.165, 1.54) is 36.0 Å². The van der Waals surface area contributed by atoms with E-state index in [0.29, 0.717) is 31.1 Å². The average molecular weight is 543 g/mol. The molecule has 0 aliphatic carbocycles. The van der Waals surface area contributed by atoms with Gasteiger partial charge in [0.25, 0.3) is 0 Å². The summed E-state index contributed by atoms with van der Waals surface area (Å²) in [6.07, 6.45) is -3.58. The summed E-state index contributed by atoms with van der Waals surface area (Å²) >= 11 is 1.49. The lowest BCUT2D eigenvalue weighted by Crippen LogP contribution is -2.43. The number of likely N-dealkylation sites (tertiary alicyclic amines) is 1. The number of para-hydroxylation sites is 2.